The molecule has 0 saturated carbocycles. The second kappa shape index (κ2) is 4.46. The summed E-state index contributed by atoms with van der Waals surface area (Å²) in [4.78, 5) is 9.27. The summed E-state index contributed by atoms with van der Waals surface area (Å²) in [6, 6.07) is 0. The van der Waals surface area contributed by atoms with E-state index in [2.05, 4.69) is 24.8 Å². The molecule has 0 bridgehead atoms. The highest BCUT2D eigenvalue weighted by molar-refractivity contribution is 7.13. The summed E-state index contributed by atoms with van der Waals surface area (Å²) in [6.45, 7) is 1.92. The number of aromatic nitrogens is 4. The van der Waals surface area contributed by atoms with Crippen LogP contribution in [0.1, 0.15) is 5.69 Å². The predicted octanol–water partition coefficient (Wildman–Crippen LogP) is 2.67. The SMILES string of the molecule is CNc1snc(C)c1-c1nc(-c2cncs2)no1. The van der Waals surface area contributed by atoms with Crippen molar-refractivity contribution in [2.75, 3.05) is 12.4 Å². The molecule has 6 nitrogen and oxygen atoms in total. The van der Waals surface area contributed by atoms with Crippen LogP contribution in [0.15, 0.2) is 16.2 Å². The maximum absolute atomic E-state index is 5.30. The second-order valence-electron chi connectivity index (χ2n) is 3.51. The van der Waals surface area contributed by atoms with Gasteiger partial charge >= 0.3 is 0 Å². The molecule has 0 radical (unpaired) electrons. The van der Waals surface area contributed by atoms with Gasteiger partial charge in [-0.2, -0.15) is 9.36 Å². The third-order valence-electron chi connectivity index (χ3n) is 2.38. The zero-order valence-electron chi connectivity index (χ0n) is 9.67. The monoisotopic (exact) mass is 279 g/mol. The Labute approximate surface area is 111 Å². The molecule has 0 spiro atoms. The van der Waals surface area contributed by atoms with Crippen LogP contribution >= 0.6 is 22.9 Å². The molecule has 18 heavy (non-hydrogen) atoms. The number of thiazole rings is 1. The number of nitrogens with zero attached hydrogens (tertiary/aromatic N) is 4. The molecular formula is C10H9N5OS2. The van der Waals surface area contributed by atoms with Gasteiger partial charge in [-0.25, -0.2) is 0 Å². The van der Waals surface area contributed by atoms with Crippen molar-refractivity contribution >= 4 is 27.9 Å². The predicted molar refractivity (Wildman–Crippen MR) is 70.8 cm³/mol. The van der Waals surface area contributed by atoms with Crippen LogP contribution < -0.4 is 5.32 Å². The Hall–Kier alpha value is -1.80. The van der Waals surface area contributed by atoms with Crippen molar-refractivity contribution in [3.05, 3.63) is 17.4 Å². The van der Waals surface area contributed by atoms with Crippen LogP contribution in [0.4, 0.5) is 5.00 Å². The molecule has 0 aromatic carbocycles. The highest BCUT2D eigenvalue weighted by Gasteiger charge is 2.19. The Morgan fingerprint density at radius 1 is 1.39 bits per heavy atom. The van der Waals surface area contributed by atoms with E-state index in [0.29, 0.717) is 11.7 Å². The molecule has 3 rings (SSSR count). The lowest BCUT2D eigenvalue weighted by atomic mass is 10.2. The van der Waals surface area contributed by atoms with Crippen LogP contribution in [0.25, 0.3) is 22.2 Å². The number of aryl methyl sites for hydroxylation is 1. The minimum absolute atomic E-state index is 0.481. The minimum Gasteiger partial charge on any atom is -0.378 e. The third-order valence-corrected chi connectivity index (χ3v) is 4.11. The third kappa shape index (κ3) is 1.79. The van der Waals surface area contributed by atoms with Crippen LogP contribution in [0.3, 0.4) is 0 Å². The number of rotatable bonds is 3. The van der Waals surface area contributed by atoms with E-state index in [1.807, 2.05) is 14.0 Å². The first kappa shape index (κ1) is 11.3. The van der Waals surface area contributed by atoms with Crippen molar-refractivity contribution in [2.24, 2.45) is 0 Å². The van der Waals surface area contributed by atoms with Crippen molar-refractivity contribution < 1.29 is 4.52 Å². The van der Waals surface area contributed by atoms with Crippen molar-refractivity contribution in [3.63, 3.8) is 0 Å². The molecule has 0 unspecified atom stereocenters. The second-order valence-corrected chi connectivity index (χ2v) is 5.17. The zero-order valence-corrected chi connectivity index (χ0v) is 11.3. The molecule has 3 aromatic rings. The van der Waals surface area contributed by atoms with Crippen LogP contribution in [-0.4, -0.2) is 26.5 Å². The standard InChI is InChI=1S/C10H9N5OS2/c1-5-7(10(11-2)18-15-5)9-13-8(14-16-9)6-3-12-4-17-6/h3-4,11H,1-2H3. The lowest BCUT2D eigenvalue weighted by Crippen LogP contribution is -1.88. The maximum Gasteiger partial charge on any atom is 0.263 e. The lowest BCUT2D eigenvalue weighted by molar-refractivity contribution is 0.432. The van der Waals surface area contributed by atoms with Gasteiger partial charge in [-0.3, -0.25) is 4.98 Å². The molecule has 0 atom stereocenters. The smallest absolute Gasteiger partial charge is 0.263 e. The van der Waals surface area contributed by atoms with Crippen LogP contribution in [0.5, 0.6) is 0 Å². The van der Waals surface area contributed by atoms with E-state index < -0.39 is 0 Å². The van der Waals surface area contributed by atoms with Crippen LogP contribution in [0.2, 0.25) is 0 Å². The Balaban J connectivity index is 2.05. The minimum atomic E-state index is 0.481. The lowest BCUT2D eigenvalue weighted by Gasteiger charge is -1.96. The van der Waals surface area contributed by atoms with Gasteiger partial charge in [-0.05, 0) is 18.5 Å². The highest BCUT2D eigenvalue weighted by Crippen LogP contribution is 2.34. The summed E-state index contributed by atoms with van der Waals surface area (Å²) in [6.07, 6.45) is 1.72. The molecule has 3 heterocycles. The van der Waals surface area contributed by atoms with Crippen molar-refractivity contribution in [2.45, 2.75) is 6.92 Å². The van der Waals surface area contributed by atoms with Crippen molar-refractivity contribution in [1.29, 1.82) is 0 Å². The molecule has 0 fully saturated rings. The van der Waals surface area contributed by atoms with Gasteiger partial charge < -0.3 is 9.84 Å². The van der Waals surface area contributed by atoms with E-state index in [9.17, 15) is 0 Å². The Kier molecular flexibility index (Phi) is 2.80. The Bertz CT molecular complexity index is 658. The number of nitrogens with one attached hydrogen (secondary N) is 1. The average molecular weight is 279 g/mol. The molecule has 3 aromatic heterocycles. The highest BCUT2D eigenvalue weighted by atomic mass is 32.1. The van der Waals surface area contributed by atoms with Crippen molar-refractivity contribution in [3.8, 4) is 22.2 Å². The Morgan fingerprint density at radius 2 is 2.28 bits per heavy atom. The zero-order chi connectivity index (χ0) is 12.5. The quantitative estimate of drug-likeness (QED) is 0.794. The van der Waals surface area contributed by atoms with E-state index in [-0.39, 0.29) is 0 Å². The largest absolute Gasteiger partial charge is 0.378 e. The number of anilines is 1. The summed E-state index contributed by atoms with van der Waals surface area (Å²) in [5.41, 5.74) is 3.48. The normalized spacial score (nSPS) is 10.8. The van der Waals surface area contributed by atoms with Gasteiger partial charge in [0.05, 0.1) is 21.6 Å². The maximum atomic E-state index is 5.30. The summed E-state index contributed by atoms with van der Waals surface area (Å²) >= 11 is 2.86. The van der Waals surface area contributed by atoms with Gasteiger partial charge in [0.2, 0.25) is 5.82 Å². The topological polar surface area (TPSA) is 76.7 Å². The van der Waals surface area contributed by atoms with Gasteiger partial charge in [0, 0.05) is 13.2 Å². The first-order valence-electron chi connectivity index (χ1n) is 5.16. The van der Waals surface area contributed by atoms with Gasteiger partial charge in [-0.1, -0.05) is 5.16 Å². The van der Waals surface area contributed by atoms with Gasteiger partial charge in [0.1, 0.15) is 5.00 Å². The van der Waals surface area contributed by atoms with Gasteiger partial charge in [0.25, 0.3) is 5.89 Å². The molecule has 0 aliphatic rings. The van der Waals surface area contributed by atoms with E-state index in [1.165, 1.54) is 22.9 Å². The number of hydrogen-bond acceptors (Lipinski definition) is 8. The number of hydrogen-bond donors (Lipinski definition) is 1. The molecule has 0 aliphatic carbocycles. The average Bonchev–Trinajstić information content (AvgIpc) is 3.07. The Morgan fingerprint density at radius 3 is 3.00 bits per heavy atom. The molecule has 92 valence electrons. The van der Waals surface area contributed by atoms with Crippen LogP contribution in [-0.2, 0) is 0 Å². The summed E-state index contributed by atoms with van der Waals surface area (Å²) < 4.78 is 9.58. The first-order chi connectivity index (χ1) is 8.79. The molecule has 1 N–H and O–H groups in total. The van der Waals surface area contributed by atoms with E-state index in [4.69, 9.17) is 4.52 Å². The van der Waals surface area contributed by atoms with E-state index in [1.54, 1.807) is 11.7 Å². The van der Waals surface area contributed by atoms with E-state index in [0.717, 1.165) is 21.1 Å². The van der Waals surface area contributed by atoms with E-state index >= 15 is 0 Å². The molecular weight excluding hydrogens is 270 g/mol. The van der Waals surface area contributed by atoms with Crippen molar-refractivity contribution in [1.82, 2.24) is 19.5 Å². The summed E-state index contributed by atoms with van der Waals surface area (Å²) in [7, 11) is 1.84. The summed E-state index contributed by atoms with van der Waals surface area (Å²) in [5, 5.41) is 7.97. The molecule has 8 heteroatoms. The first-order valence-corrected chi connectivity index (χ1v) is 6.82. The molecule has 0 saturated heterocycles. The molecule has 0 aliphatic heterocycles. The summed E-state index contributed by atoms with van der Waals surface area (Å²) in [5.74, 6) is 1.04. The van der Waals surface area contributed by atoms with Gasteiger partial charge in [0.15, 0.2) is 0 Å². The fourth-order valence-electron chi connectivity index (χ4n) is 1.54. The van der Waals surface area contributed by atoms with Crippen LogP contribution in [0, 0.1) is 6.92 Å². The van der Waals surface area contributed by atoms with Gasteiger partial charge in [-0.15, -0.1) is 11.3 Å². The fraction of sp³-hybridized carbons (Fsp3) is 0.200. The molecule has 0 amide bonds. The fourth-order valence-corrected chi connectivity index (χ4v) is 2.83.